The van der Waals surface area contributed by atoms with Crippen molar-refractivity contribution in [3.63, 3.8) is 0 Å². The largest absolute Gasteiger partial charge is 0.297 e. The summed E-state index contributed by atoms with van der Waals surface area (Å²) in [6, 6.07) is 8.66. The maximum absolute atomic E-state index is 13.2. The van der Waals surface area contributed by atoms with E-state index in [-0.39, 0.29) is 6.04 Å². The van der Waals surface area contributed by atoms with Crippen molar-refractivity contribution in [1.82, 2.24) is 13.5 Å². The smallest absolute Gasteiger partial charge is 0.282 e. The highest BCUT2D eigenvalue weighted by molar-refractivity contribution is 7.86. The minimum absolute atomic E-state index is 0.0616. The number of fused-ring (bicyclic) bond motifs is 2. The lowest BCUT2D eigenvalue weighted by molar-refractivity contribution is 0.110. The van der Waals surface area contributed by atoms with Gasteiger partial charge in [-0.2, -0.15) is 17.0 Å². The molecule has 3 heterocycles. The van der Waals surface area contributed by atoms with Crippen LogP contribution in [0.3, 0.4) is 0 Å². The van der Waals surface area contributed by atoms with E-state index < -0.39 is 10.2 Å². The first-order chi connectivity index (χ1) is 11.1. The summed E-state index contributed by atoms with van der Waals surface area (Å²) >= 11 is 0. The van der Waals surface area contributed by atoms with Crippen LogP contribution in [-0.2, 0) is 23.2 Å². The molecule has 0 radical (unpaired) electrons. The van der Waals surface area contributed by atoms with E-state index in [0.29, 0.717) is 25.7 Å². The molecule has 1 aromatic carbocycles. The van der Waals surface area contributed by atoms with Gasteiger partial charge in [0.05, 0.1) is 0 Å². The van der Waals surface area contributed by atoms with Crippen LogP contribution < -0.4 is 0 Å². The second-order valence-electron chi connectivity index (χ2n) is 7.07. The van der Waals surface area contributed by atoms with Gasteiger partial charge in [0.15, 0.2) is 0 Å². The summed E-state index contributed by atoms with van der Waals surface area (Å²) in [6.07, 6.45) is 3.14. The van der Waals surface area contributed by atoms with Crippen LogP contribution in [0, 0.1) is 0 Å². The molecule has 3 aliphatic heterocycles. The molecule has 0 spiro atoms. The van der Waals surface area contributed by atoms with E-state index in [2.05, 4.69) is 17.0 Å². The lowest BCUT2D eigenvalue weighted by Gasteiger charge is -2.43. The third-order valence-electron chi connectivity index (χ3n) is 5.60. The highest BCUT2D eigenvalue weighted by atomic mass is 32.2. The van der Waals surface area contributed by atoms with E-state index in [1.165, 1.54) is 12.0 Å². The first-order valence-electron chi connectivity index (χ1n) is 8.63. The van der Waals surface area contributed by atoms with E-state index in [4.69, 9.17) is 0 Å². The fourth-order valence-corrected chi connectivity index (χ4v) is 6.10. The summed E-state index contributed by atoms with van der Waals surface area (Å²) in [5.41, 5.74) is 2.43. The maximum Gasteiger partial charge on any atom is 0.282 e. The highest BCUT2D eigenvalue weighted by Crippen LogP contribution is 2.29. The van der Waals surface area contributed by atoms with Gasteiger partial charge in [-0.15, -0.1) is 0 Å². The van der Waals surface area contributed by atoms with Crippen LogP contribution >= 0.6 is 0 Å². The minimum atomic E-state index is -3.38. The number of hydrogen-bond acceptors (Lipinski definition) is 3. The van der Waals surface area contributed by atoms with Gasteiger partial charge in [-0.25, -0.2) is 0 Å². The Morgan fingerprint density at radius 2 is 1.87 bits per heavy atom. The first kappa shape index (κ1) is 15.6. The summed E-state index contributed by atoms with van der Waals surface area (Å²) in [7, 11) is -3.38. The van der Waals surface area contributed by atoms with E-state index in [1.807, 2.05) is 19.1 Å². The van der Waals surface area contributed by atoms with Gasteiger partial charge in [0.2, 0.25) is 0 Å². The molecular weight excluding hydrogens is 310 g/mol. The Kier molecular flexibility index (Phi) is 3.96. The molecule has 0 aromatic heterocycles. The fraction of sp³-hybridized carbons (Fsp3) is 0.647. The monoisotopic (exact) mass is 335 g/mol. The highest BCUT2D eigenvalue weighted by Gasteiger charge is 2.42. The molecule has 2 saturated heterocycles. The lowest BCUT2D eigenvalue weighted by Crippen LogP contribution is -2.59. The molecule has 5 nitrogen and oxygen atoms in total. The summed E-state index contributed by atoms with van der Waals surface area (Å²) < 4.78 is 29.8. The topological polar surface area (TPSA) is 43.9 Å². The van der Waals surface area contributed by atoms with E-state index in [0.717, 1.165) is 31.5 Å². The van der Waals surface area contributed by atoms with Crippen LogP contribution in [0.4, 0.5) is 0 Å². The zero-order valence-corrected chi connectivity index (χ0v) is 14.5. The first-order valence-corrected chi connectivity index (χ1v) is 10.0. The van der Waals surface area contributed by atoms with Crippen molar-refractivity contribution in [2.45, 2.75) is 44.8 Å². The number of benzene rings is 1. The fourth-order valence-electron chi connectivity index (χ4n) is 4.30. The van der Waals surface area contributed by atoms with E-state index >= 15 is 0 Å². The summed E-state index contributed by atoms with van der Waals surface area (Å²) in [6.45, 7) is 5.80. The van der Waals surface area contributed by atoms with Gasteiger partial charge in [0.25, 0.3) is 10.2 Å². The molecule has 6 heteroatoms. The average Bonchev–Trinajstić information content (AvgIpc) is 3.00. The molecule has 0 bridgehead atoms. The Morgan fingerprint density at radius 1 is 1.09 bits per heavy atom. The molecule has 1 aromatic rings. The molecular formula is C17H25N3O2S. The van der Waals surface area contributed by atoms with Crippen LogP contribution in [0.5, 0.6) is 0 Å². The summed E-state index contributed by atoms with van der Waals surface area (Å²) in [5.74, 6) is 0. The van der Waals surface area contributed by atoms with Gasteiger partial charge in [0.1, 0.15) is 0 Å². The van der Waals surface area contributed by atoms with Crippen LogP contribution in [-0.4, -0.2) is 60.2 Å². The second-order valence-corrected chi connectivity index (χ2v) is 8.95. The zero-order chi connectivity index (χ0) is 16.0. The molecule has 0 amide bonds. The Balaban J connectivity index is 1.56. The maximum atomic E-state index is 13.2. The number of piperazine rings is 1. The van der Waals surface area contributed by atoms with Crippen molar-refractivity contribution >= 4 is 10.2 Å². The molecule has 3 aliphatic rings. The predicted octanol–water partition coefficient (Wildman–Crippen LogP) is 1.46. The molecule has 126 valence electrons. The van der Waals surface area contributed by atoms with Gasteiger partial charge in [-0.1, -0.05) is 24.3 Å². The summed E-state index contributed by atoms with van der Waals surface area (Å²) in [5, 5.41) is 0. The Hall–Kier alpha value is -0.950. The van der Waals surface area contributed by atoms with Crippen molar-refractivity contribution in [1.29, 1.82) is 0 Å². The van der Waals surface area contributed by atoms with Gasteiger partial charge in [0, 0.05) is 38.3 Å². The van der Waals surface area contributed by atoms with Crippen LogP contribution in [0.15, 0.2) is 24.3 Å². The Bertz CT molecular complexity index is 691. The SMILES string of the molecule is C[C@H]1CN2CCC[C@@H]2CN1S(=O)(=O)N1CCc2ccccc2C1. The predicted molar refractivity (Wildman–Crippen MR) is 90.2 cm³/mol. The van der Waals surface area contributed by atoms with Gasteiger partial charge in [-0.3, -0.25) is 4.90 Å². The van der Waals surface area contributed by atoms with Gasteiger partial charge < -0.3 is 0 Å². The van der Waals surface area contributed by atoms with Crippen molar-refractivity contribution in [2.75, 3.05) is 26.2 Å². The normalized spacial score (nSPS) is 30.1. The van der Waals surface area contributed by atoms with Gasteiger partial charge in [-0.05, 0) is 43.9 Å². The lowest BCUT2D eigenvalue weighted by atomic mass is 10.0. The van der Waals surface area contributed by atoms with Crippen molar-refractivity contribution in [3.8, 4) is 0 Å². The number of rotatable bonds is 2. The van der Waals surface area contributed by atoms with Crippen molar-refractivity contribution in [3.05, 3.63) is 35.4 Å². The molecule has 4 rings (SSSR count). The Labute approximate surface area is 139 Å². The third kappa shape index (κ3) is 2.71. The van der Waals surface area contributed by atoms with Crippen molar-refractivity contribution < 1.29 is 8.42 Å². The van der Waals surface area contributed by atoms with Crippen molar-refractivity contribution in [2.24, 2.45) is 0 Å². The standard InChI is InChI=1S/C17H25N3O2S/c1-14-11-18-9-4-7-17(18)13-20(14)23(21,22)19-10-8-15-5-2-3-6-16(15)12-19/h2-3,5-6,14,17H,4,7-13H2,1H3/t14-,17+/m0/s1. The molecule has 0 unspecified atom stereocenters. The minimum Gasteiger partial charge on any atom is -0.297 e. The zero-order valence-electron chi connectivity index (χ0n) is 13.7. The van der Waals surface area contributed by atoms with Crippen LogP contribution in [0.2, 0.25) is 0 Å². The second kappa shape index (κ2) is 5.84. The number of nitrogens with zero attached hydrogens (tertiary/aromatic N) is 3. The van der Waals surface area contributed by atoms with E-state index in [9.17, 15) is 8.42 Å². The quantitative estimate of drug-likeness (QED) is 0.822. The molecule has 0 saturated carbocycles. The average molecular weight is 335 g/mol. The van der Waals surface area contributed by atoms with Crippen LogP contribution in [0.1, 0.15) is 30.9 Å². The van der Waals surface area contributed by atoms with Gasteiger partial charge >= 0.3 is 0 Å². The Morgan fingerprint density at radius 3 is 2.70 bits per heavy atom. The summed E-state index contributed by atoms with van der Waals surface area (Å²) in [4.78, 5) is 2.46. The molecule has 2 fully saturated rings. The third-order valence-corrected chi connectivity index (χ3v) is 7.66. The molecule has 0 N–H and O–H groups in total. The van der Waals surface area contributed by atoms with Crippen LogP contribution in [0.25, 0.3) is 0 Å². The molecule has 0 aliphatic carbocycles. The molecule has 2 atom stereocenters. The number of hydrogen-bond donors (Lipinski definition) is 0. The van der Waals surface area contributed by atoms with E-state index in [1.54, 1.807) is 8.61 Å². The molecule has 23 heavy (non-hydrogen) atoms.